The van der Waals surface area contributed by atoms with Crippen molar-refractivity contribution in [2.45, 2.75) is 71.3 Å². The number of unbranched alkanes of at least 4 members (excludes halogenated alkanes) is 1. The second-order valence-corrected chi connectivity index (χ2v) is 11.3. The smallest absolute Gasteiger partial charge is 0.264 e. The van der Waals surface area contributed by atoms with Gasteiger partial charge in [0, 0.05) is 17.5 Å². The van der Waals surface area contributed by atoms with Crippen LogP contribution in [-0.2, 0) is 12.8 Å². The number of rotatable bonds is 10. The summed E-state index contributed by atoms with van der Waals surface area (Å²) < 4.78 is 7.62. The van der Waals surface area contributed by atoms with E-state index in [1.165, 1.54) is 10.1 Å². The zero-order valence-electron chi connectivity index (χ0n) is 25.2. The SMILES string of the molecule is C=C1CCC(Oc2cnc(-n3c(C)nc(CCCC)c(Cc4ccc(-c5ccccc5-c5nn[nH]n5)cc4)c3=O)nc2)CC1. The highest BCUT2D eigenvalue weighted by Gasteiger charge is 2.20. The van der Waals surface area contributed by atoms with Crippen molar-refractivity contribution in [1.29, 1.82) is 0 Å². The van der Waals surface area contributed by atoms with Crippen molar-refractivity contribution in [2.75, 3.05) is 0 Å². The lowest BCUT2D eigenvalue weighted by atomic mass is 9.94. The molecule has 0 spiro atoms. The first-order valence-electron chi connectivity index (χ1n) is 15.2. The number of hydrogen-bond acceptors (Lipinski definition) is 8. The highest BCUT2D eigenvalue weighted by molar-refractivity contribution is 5.80. The maximum Gasteiger partial charge on any atom is 0.264 e. The Kier molecular flexibility index (Phi) is 8.67. The molecule has 0 atom stereocenters. The van der Waals surface area contributed by atoms with Crippen LogP contribution in [0.5, 0.6) is 5.75 Å². The molecule has 1 aliphatic carbocycles. The van der Waals surface area contributed by atoms with Crippen LogP contribution in [-0.4, -0.2) is 46.2 Å². The summed E-state index contributed by atoms with van der Waals surface area (Å²) in [5.41, 5.74) is 6.55. The molecule has 0 unspecified atom stereocenters. The van der Waals surface area contributed by atoms with E-state index in [-0.39, 0.29) is 11.7 Å². The van der Waals surface area contributed by atoms with Gasteiger partial charge in [-0.25, -0.2) is 19.5 Å². The van der Waals surface area contributed by atoms with Crippen LogP contribution >= 0.6 is 0 Å². The quantitative estimate of drug-likeness (QED) is 0.197. The Hall–Kier alpha value is -4.99. The van der Waals surface area contributed by atoms with Gasteiger partial charge in [-0.1, -0.05) is 74.0 Å². The molecule has 0 saturated heterocycles. The van der Waals surface area contributed by atoms with Gasteiger partial charge in [0.25, 0.3) is 5.56 Å². The minimum Gasteiger partial charge on any atom is -0.487 e. The Bertz CT molecular complexity index is 1790. The molecule has 3 heterocycles. The van der Waals surface area contributed by atoms with Crippen LogP contribution < -0.4 is 10.3 Å². The molecule has 6 rings (SSSR count). The Morgan fingerprint density at radius 3 is 2.43 bits per heavy atom. The summed E-state index contributed by atoms with van der Waals surface area (Å²) in [4.78, 5) is 28.0. The summed E-state index contributed by atoms with van der Waals surface area (Å²) >= 11 is 0. The fraction of sp³-hybridized carbons (Fsp3) is 0.324. The van der Waals surface area contributed by atoms with Crippen molar-refractivity contribution in [3.05, 3.63) is 106 Å². The van der Waals surface area contributed by atoms with E-state index in [2.05, 4.69) is 68.4 Å². The third-order valence-electron chi connectivity index (χ3n) is 8.11. The maximum atomic E-state index is 14.1. The minimum atomic E-state index is -0.144. The average molecular weight is 589 g/mol. The van der Waals surface area contributed by atoms with Gasteiger partial charge in [0.2, 0.25) is 11.8 Å². The van der Waals surface area contributed by atoms with Gasteiger partial charge in [0.1, 0.15) is 5.82 Å². The van der Waals surface area contributed by atoms with E-state index >= 15 is 0 Å². The summed E-state index contributed by atoms with van der Waals surface area (Å²) in [7, 11) is 0. The number of aryl methyl sites for hydroxylation is 2. The van der Waals surface area contributed by atoms with Crippen molar-refractivity contribution in [3.63, 3.8) is 0 Å². The molecule has 0 bridgehead atoms. The largest absolute Gasteiger partial charge is 0.487 e. The Labute approximate surface area is 256 Å². The van der Waals surface area contributed by atoms with E-state index in [4.69, 9.17) is 9.72 Å². The monoisotopic (exact) mass is 588 g/mol. The predicted octanol–water partition coefficient (Wildman–Crippen LogP) is 5.99. The van der Waals surface area contributed by atoms with Gasteiger partial charge < -0.3 is 4.74 Å². The molecule has 1 N–H and O–H groups in total. The lowest BCUT2D eigenvalue weighted by Crippen LogP contribution is -2.29. The zero-order chi connectivity index (χ0) is 30.5. The molecule has 10 nitrogen and oxygen atoms in total. The number of H-pyrrole nitrogens is 1. The van der Waals surface area contributed by atoms with Gasteiger partial charge in [-0.3, -0.25) is 4.79 Å². The highest BCUT2D eigenvalue weighted by Crippen LogP contribution is 2.30. The fourth-order valence-electron chi connectivity index (χ4n) is 5.69. The topological polar surface area (TPSA) is 124 Å². The molecular weight excluding hydrogens is 552 g/mol. The number of nitrogens with one attached hydrogen (secondary N) is 1. The average Bonchev–Trinajstić information content (AvgIpc) is 3.59. The molecule has 10 heteroatoms. The van der Waals surface area contributed by atoms with Crippen LogP contribution in [0, 0.1) is 6.92 Å². The number of nitrogens with zero attached hydrogens (tertiary/aromatic N) is 7. The van der Waals surface area contributed by atoms with Crippen LogP contribution in [0.3, 0.4) is 0 Å². The van der Waals surface area contributed by atoms with Gasteiger partial charge in [-0.05, 0) is 67.4 Å². The van der Waals surface area contributed by atoms with Gasteiger partial charge in [0.15, 0.2) is 5.75 Å². The third-order valence-corrected chi connectivity index (χ3v) is 8.11. The lowest BCUT2D eigenvalue weighted by molar-refractivity contribution is 0.168. The normalized spacial score (nSPS) is 13.7. The van der Waals surface area contributed by atoms with Gasteiger partial charge in [0.05, 0.1) is 24.2 Å². The lowest BCUT2D eigenvalue weighted by Gasteiger charge is -2.24. The van der Waals surface area contributed by atoms with Crippen LogP contribution in [0.4, 0.5) is 0 Å². The standard InChI is InChI=1S/C34H36N8O2/c1-4-5-10-31-30(19-24-13-15-25(16-14-24)28-8-6-7-9-29(28)32-38-40-41-39-32)33(43)42(23(3)37-31)34-35-20-27(21-36-34)44-26-17-11-22(2)12-18-26/h6-9,13-16,20-21,26H,2,4-5,10-12,17-19H2,1,3H3,(H,38,39,40,41). The molecule has 3 aromatic heterocycles. The Morgan fingerprint density at radius 2 is 1.75 bits per heavy atom. The molecular formula is C34H36N8O2. The van der Waals surface area contributed by atoms with Crippen molar-refractivity contribution in [3.8, 4) is 34.2 Å². The summed E-state index contributed by atoms with van der Waals surface area (Å²) in [6.45, 7) is 8.05. The number of ether oxygens (including phenoxy) is 1. The van der Waals surface area contributed by atoms with Gasteiger partial charge >= 0.3 is 0 Å². The molecule has 0 radical (unpaired) electrons. The summed E-state index contributed by atoms with van der Waals surface area (Å²) in [5.74, 6) is 2.00. The van der Waals surface area contributed by atoms with Crippen molar-refractivity contribution >= 4 is 0 Å². The zero-order valence-corrected chi connectivity index (χ0v) is 25.2. The van der Waals surface area contributed by atoms with Crippen molar-refractivity contribution in [1.82, 2.24) is 40.1 Å². The van der Waals surface area contributed by atoms with E-state index in [1.807, 2.05) is 31.2 Å². The van der Waals surface area contributed by atoms with E-state index in [1.54, 1.807) is 12.4 Å². The molecule has 1 fully saturated rings. The van der Waals surface area contributed by atoms with Crippen LogP contribution in [0.1, 0.15) is 68.1 Å². The number of tetrazole rings is 1. The third kappa shape index (κ3) is 6.34. The van der Waals surface area contributed by atoms with E-state index in [0.717, 1.165) is 72.9 Å². The highest BCUT2D eigenvalue weighted by atomic mass is 16.5. The number of benzene rings is 2. The summed E-state index contributed by atoms with van der Waals surface area (Å²) in [6, 6.07) is 16.2. The van der Waals surface area contributed by atoms with Crippen LogP contribution in [0.2, 0.25) is 0 Å². The first-order chi connectivity index (χ1) is 21.5. The molecule has 2 aromatic carbocycles. The first kappa shape index (κ1) is 29.1. The molecule has 5 aromatic rings. The Morgan fingerprint density at radius 1 is 1.02 bits per heavy atom. The van der Waals surface area contributed by atoms with Crippen molar-refractivity contribution < 1.29 is 4.74 Å². The number of aromatic nitrogens is 8. The first-order valence-corrected chi connectivity index (χ1v) is 15.2. The van der Waals surface area contributed by atoms with Crippen LogP contribution in [0.25, 0.3) is 28.5 Å². The summed E-state index contributed by atoms with van der Waals surface area (Å²) in [6.07, 6.45) is 10.4. The molecule has 1 aliphatic rings. The van der Waals surface area contributed by atoms with Crippen LogP contribution in [0.15, 0.2) is 77.9 Å². The molecule has 1 saturated carbocycles. The second kappa shape index (κ2) is 13.1. The molecule has 44 heavy (non-hydrogen) atoms. The van der Waals surface area contributed by atoms with Gasteiger partial charge in [-0.2, -0.15) is 5.21 Å². The van der Waals surface area contributed by atoms with Crippen molar-refractivity contribution in [2.24, 2.45) is 0 Å². The van der Waals surface area contributed by atoms with E-state index in [0.29, 0.717) is 35.3 Å². The van der Waals surface area contributed by atoms with Gasteiger partial charge in [-0.15, -0.1) is 10.2 Å². The maximum absolute atomic E-state index is 14.1. The molecule has 224 valence electrons. The predicted molar refractivity (Wildman–Crippen MR) is 169 cm³/mol. The van der Waals surface area contributed by atoms with E-state index in [9.17, 15) is 4.79 Å². The minimum absolute atomic E-state index is 0.129. The number of hydrogen-bond donors (Lipinski definition) is 1. The molecule has 0 aliphatic heterocycles. The fourth-order valence-corrected chi connectivity index (χ4v) is 5.69. The second-order valence-electron chi connectivity index (χ2n) is 11.3. The number of aromatic amines is 1. The summed E-state index contributed by atoms with van der Waals surface area (Å²) in [5, 5.41) is 14.5. The Balaban J connectivity index is 1.28. The molecule has 0 amide bonds. The van der Waals surface area contributed by atoms with E-state index < -0.39 is 0 Å². The number of allylic oxidation sites excluding steroid dienone is 1.